The van der Waals surface area contributed by atoms with E-state index in [1.54, 1.807) is 0 Å². The van der Waals surface area contributed by atoms with Gasteiger partial charge in [-0.25, -0.2) is 14.4 Å². The maximum Gasteiger partial charge on any atom is 0.330 e. The lowest BCUT2D eigenvalue weighted by Crippen LogP contribution is -2.04. The number of hydrogen-bond acceptors (Lipinski definition) is 6. The van der Waals surface area contributed by atoms with Gasteiger partial charge in [0.2, 0.25) is 0 Å². The third-order valence-electron chi connectivity index (χ3n) is 8.33. The van der Waals surface area contributed by atoms with Crippen molar-refractivity contribution in [1.29, 1.82) is 0 Å². The molecule has 0 heterocycles. The molecule has 0 bridgehead atoms. The van der Waals surface area contributed by atoms with E-state index in [1.165, 1.54) is 17.7 Å². The van der Waals surface area contributed by atoms with Gasteiger partial charge >= 0.3 is 17.9 Å². The minimum absolute atomic E-state index is 0.171. The quantitative estimate of drug-likeness (QED) is 0.0448. The normalized spacial score (nSPS) is 10.5. The largest absolute Gasteiger partial charge is 0.463 e. The Labute approximate surface area is 299 Å². The summed E-state index contributed by atoms with van der Waals surface area (Å²) in [6.07, 6.45) is 5.64. The molecular formula is C45H40O6. The summed E-state index contributed by atoms with van der Waals surface area (Å²) < 4.78 is 15.5. The Morgan fingerprint density at radius 3 is 1.49 bits per heavy atom. The molecule has 0 aliphatic rings. The molecule has 0 spiro atoms. The summed E-state index contributed by atoms with van der Waals surface area (Å²) in [7, 11) is 0. The second kappa shape index (κ2) is 17.9. The van der Waals surface area contributed by atoms with E-state index in [2.05, 4.69) is 98.6 Å². The van der Waals surface area contributed by atoms with Crippen molar-refractivity contribution in [2.45, 2.75) is 25.9 Å². The van der Waals surface area contributed by atoms with Crippen molar-refractivity contribution >= 4 is 17.9 Å². The fourth-order valence-corrected chi connectivity index (χ4v) is 5.62. The van der Waals surface area contributed by atoms with Crippen molar-refractivity contribution in [1.82, 2.24) is 0 Å². The predicted octanol–water partition coefficient (Wildman–Crippen LogP) is 9.52. The molecule has 0 aliphatic heterocycles. The molecule has 0 amide bonds. The summed E-state index contributed by atoms with van der Waals surface area (Å²) in [4.78, 5) is 34.4. The zero-order chi connectivity index (χ0) is 36.0. The minimum atomic E-state index is -0.459. The van der Waals surface area contributed by atoms with Crippen molar-refractivity contribution in [3.8, 4) is 44.5 Å². The van der Waals surface area contributed by atoms with E-state index < -0.39 is 17.9 Å². The third-order valence-corrected chi connectivity index (χ3v) is 8.33. The number of esters is 3. The van der Waals surface area contributed by atoms with Crippen LogP contribution in [0.4, 0.5) is 0 Å². The first-order valence-corrected chi connectivity index (χ1v) is 16.8. The molecule has 0 aromatic heterocycles. The summed E-state index contributed by atoms with van der Waals surface area (Å²) in [6, 6.07) is 39.8. The van der Waals surface area contributed by atoms with E-state index in [1.807, 2.05) is 36.4 Å². The molecular weight excluding hydrogens is 636 g/mol. The Balaban J connectivity index is 1.44. The molecule has 6 nitrogen and oxygen atoms in total. The van der Waals surface area contributed by atoms with Crippen LogP contribution in [0, 0.1) is 0 Å². The number of hydrogen-bond donors (Lipinski definition) is 0. The Morgan fingerprint density at radius 1 is 0.431 bits per heavy atom. The standard InChI is InChI=1S/C45H40O6/c1-4-43(46)49-24-9-11-32-15-19-35(20-16-32)38-13-8-14-39(27-38)42-29-40(36-21-17-34(18-22-36)31-51-45(48)6-3)28-41(30-42)37-12-7-10-33(26-37)23-25-50-44(47)5-2/h4-8,10,12-22,26-30H,1-3,9,11,23-25,31H2. The number of benzene rings is 5. The van der Waals surface area contributed by atoms with Crippen LogP contribution in [0.15, 0.2) is 153 Å². The molecule has 5 aromatic rings. The van der Waals surface area contributed by atoms with Crippen LogP contribution in [0.5, 0.6) is 0 Å². The van der Waals surface area contributed by atoms with E-state index in [9.17, 15) is 14.4 Å². The third kappa shape index (κ3) is 10.4. The first-order chi connectivity index (χ1) is 24.8. The number of carbonyl (C=O) groups is 3. The van der Waals surface area contributed by atoms with Crippen molar-refractivity contribution < 1.29 is 28.6 Å². The van der Waals surface area contributed by atoms with Gasteiger partial charge in [0, 0.05) is 24.6 Å². The highest BCUT2D eigenvalue weighted by Gasteiger charge is 2.11. The Morgan fingerprint density at radius 2 is 0.882 bits per heavy atom. The fourth-order valence-electron chi connectivity index (χ4n) is 5.62. The summed E-state index contributed by atoms with van der Waals surface area (Å²) in [6.45, 7) is 11.2. The molecule has 51 heavy (non-hydrogen) atoms. The zero-order valence-corrected chi connectivity index (χ0v) is 28.5. The molecule has 256 valence electrons. The summed E-state index contributed by atoms with van der Waals surface area (Å²) in [5, 5.41) is 0. The molecule has 0 atom stereocenters. The lowest BCUT2D eigenvalue weighted by molar-refractivity contribution is -0.139. The molecule has 0 radical (unpaired) electrons. The van der Waals surface area contributed by atoms with Crippen LogP contribution in [-0.4, -0.2) is 31.1 Å². The first-order valence-electron chi connectivity index (χ1n) is 16.8. The van der Waals surface area contributed by atoms with E-state index in [0.29, 0.717) is 13.0 Å². The maximum absolute atomic E-state index is 11.6. The van der Waals surface area contributed by atoms with E-state index in [-0.39, 0.29) is 13.2 Å². The lowest BCUT2D eigenvalue weighted by Gasteiger charge is -2.14. The van der Waals surface area contributed by atoms with Crippen LogP contribution in [0.2, 0.25) is 0 Å². The molecule has 0 unspecified atom stereocenters. The van der Waals surface area contributed by atoms with Gasteiger partial charge in [0.05, 0.1) is 13.2 Å². The van der Waals surface area contributed by atoms with Crippen LogP contribution < -0.4 is 0 Å². The lowest BCUT2D eigenvalue weighted by atomic mass is 9.91. The number of aryl methyl sites for hydroxylation is 1. The van der Waals surface area contributed by atoms with Crippen LogP contribution in [0.1, 0.15) is 23.1 Å². The number of ether oxygens (including phenoxy) is 3. The molecule has 0 saturated carbocycles. The highest BCUT2D eigenvalue weighted by Crippen LogP contribution is 2.35. The molecule has 0 saturated heterocycles. The first kappa shape index (κ1) is 36.0. The highest BCUT2D eigenvalue weighted by molar-refractivity contribution is 5.84. The van der Waals surface area contributed by atoms with E-state index in [4.69, 9.17) is 14.2 Å². The van der Waals surface area contributed by atoms with Gasteiger partial charge in [-0.05, 0) is 98.3 Å². The van der Waals surface area contributed by atoms with Gasteiger partial charge in [-0.1, -0.05) is 111 Å². The molecule has 0 aliphatic carbocycles. The van der Waals surface area contributed by atoms with Crippen LogP contribution >= 0.6 is 0 Å². The van der Waals surface area contributed by atoms with E-state index >= 15 is 0 Å². The maximum atomic E-state index is 11.6. The topological polar surface area (TPSA) is 78.9 Å². The monoisotopic (exact) mass is 676 g/mol. The van der Waals surface area contributed by atoms with Gasteiger partial charge in [-0.3, -0.25) is 0 Å². The summed E-state index contributed by atoms with van der Waals surface area (Å²) >= 11 is 0. The van der Waals surface area contributed by atoms with Gasteiger partial charge < -0.3 is 14.2 Å². The van der Waals surface area contributed by atoms with Crippen LogP contribution in [-0.2, 0) is 48.0 Å². The second-order valence-corrected chi connectivity index (χ2v) is 11.9. The number of carbonyl (C=O) groups excluding carboxylic acids is 3. The minimum Gasteiger partial charge on any atom is -0.463 e. The second-order valence-electron chi connectivity index (χ2n) is 11.9. The van der Waals surface area contributed by atoms with Crippen molar-refractivity contribution in [3.63, 3.8) is 0 Å². The molecule has 0 N–H and O–H groups in total. The van der Waals surface area contributed by atoms with Crippen LogP contribution in [0.3, 0.4) is 0 Å². The van der Waals surface area contributed by atoms with Crippen molar-refractivity contribution in [2.75, 3.05) is 13.2 Å². The Hall–Kier alpha value is -6.27. The summed E-state index contributed by atoms with van der Waals surface area (Å²) in [5.41, 5.74) is 11.6. The fraction of sp³-hybridized carbons (Fsp3) is 0.133. The summed E-state index contributed by atoms with van der Waals surface area (Å²) in [5.74, 6) is -1.29. The SMILES string of the molecule is C=CC(=O)OCCCc1ccc(-c2cccc(-c3cc(-c4ccc(COC(=O)C=C)cc4)cc(-c4cccc(CCOC(=O)C=C)c4)c3)c2)cc1. The Bertz CT molecular complexity index is 2020. The average Bonchev–Trinajstić information content (AvgIpc) is 3.18. The van der Waals surface area contributed by atoms with Crippen LogP contribution in [0.25, 0.3) is 44.5 Å². The molecule has 5 aromatic carbocycles. The number of rotatable bonds is 16. The van der Waals surface area contributed by atoms with E-state index in [0.717, 1.165) is 74.6 Å². The predicted molar refractivity (Wildman–Crippen MR) is 203 cm³/mol. The highest BCUT2D eigenvalue weighted by atomic mass is 16.5. The smallest absolute Gasteiger partial charge is 0.330 e. The average molecular weight is 677 g/mol. The van der Waals surface area contributed by atoms with Gasteiger partial charge in [0.1, 0.15) is 6.61 Å². The van der Waals surface area contributed by atoms with Gasteiger partial charge in [-0.15, -0.1) is 0 Å². The zero-order valence-electron chi connectivity index (χ0n) is 28.5. The van der Waals surface area contributed by atoms with Gasteiger partial charge in [0.25, 0.3) is 0 Å². The van der Waals surface area contributed by atoms with Crippen molar-refractivity contribution in [2.24, 2.45) is 0 Å². The van der Waals surface area contributed by atoms with Crippen molar-refractivity contribution in [3.05, 3.63) is 170 Å². The molecule has 6 heteroatoms. The molecule has 0 fully saturated rings. The van der Waals surface area contributed by atoms with Gasteiger partial charge in [-0.2, -0.15) is 0 Å². The van der Waals surface area contributed by atoms with Gasteiger partial charge in [0.15, 0.2) is 0 Å². The Kier molecular flexibility index (Phi) is 12.7. The molecule has 5 rings (SSSR count).